The van der Waals surface area contributed by atoms with Gasteiger partial charge in [-0.2, -0.15) is 0 Å². The summed E-state index contributed by atoms with van der Waals surface area (Å²) in [5.74, 6) is -3.57. The van der Waals surface area contributed by atoms with E-state index in [1.807, 2.05) is 30.3 Å². The Hall–Kier alpha value is -2.94. The van der Waals surface area contributed by atoms with Crippen LogP contribution in [0.2, 0.25) is 0 Å². The van der Waals surface area contributed by atoms with Crippen molar-refractivity contribution in [3.8, 4) is 0 Å². The smallest absolute Gasteiger partial charge is 0.359 e. The van der Waals surface area contributed by atoms with Crippen LogP contribution in [0.3, 0.4) is 0 Å². The van der Waals surface area contributed by atoms with Crippen molar-refractivity contribution in [1.29, 1.82) is 0 Å². The van der Waals surface area contributed by atoms with Crippen LogP contribution in [0.4, 0.5) is 0 Å². The average molecular weight is 409 g/mol. The molecule has 0 saturated heterocycles. The van der Waals surface area contributed by atoms with Crippen molar-refractivity contribution in [2.24, 2.45) is 5.73 Å². The van der Waals surface area contributed by atoms with Gasteiger partial charge in [-0.15, -0.1) is 0 Å². The Balaban J connectivity index is 2.43. The van der Waals surface area contributed by atoms with E-state index in [4.69, 9.17) is 24.7 Å². The molecule has 0 aliphatic rings. The number of ether oxygens (including phenoxy) is 4. The molecular formula is C20H27NO8. The first-order valence-corrected chi connectivity index (χ1v) is 9.11. The van der Waals surface area contributed by atoms with Crippen molar-refractivity contribution in [3.05, 3.63) is 35.9 Å². The molecule has 2 N–H and O–H groups in total. The number of rotatable bonds is 10. The zero-order valence-corrected chi connectivity index (χ0v) is 16.8. The van der Waals surface area contributed by atoms with Crippen molar-refractivity contribution < 1.29 is 38.1 Å². The van der Waals surface area contributed by atoms with Gasteiger partial charge in [-0.05, 0) is 32.8 Å². The van der Waals surface area contributed by atoms with E-state index >= 15 is 0 Å². The fraction of sp³-hybridized carbons (Fsp3) is 0.500. The lowest BCUT2D eigenvalue weighted by molar-refractivity contribution is -0.185. The minimum atomic E-state index is -1.88. The van der Waals surface area contributed by atoms with E-state index in [0.717, 1.165) is 5.56 Å². The first-order chi connectivity index (χ1) is 13.6. The summed E-state index contributed by atoms with van der Waals surface area (Å²) in [7, 11) is 0. The molecule has 160 valence electrons. The molecule has 0 bridgehead atoms. The molecule has 0 aliphatic heterocycles. The van der Waals surface area contributed by atoms with Gasteiger partial charge in [-0.3, -0.25) is 9.59 Å². The molecule has 1 aromatic rings. The molecule has 1 aromatic carbocycles. The zero-order valence-electron chi connectivity index (χ0n) is 16.8. The number of benzene rings is 1. The molecule has 0 spiro atoms. The van der Waals surface area contributed by atoms with E-state index < -0.39 is 42.1 Å². The average Bonchev–Trinajstić information content (AvgIpc) is 2.66. The normalized spacial score (nSPS) is 11.9. The van der Waals surface area contributed by atoms with E-state index in [2.05, 4.69) is 0 Å². The Morgan fingerprint density at radius 3 is 2.21 bits per heavy atom. The third-order valence-electron chi connectivity index (χ3n) is 3.26. The van der Waals surface area contributed by atoms with Gasteiger partial charge in [0.1, 0.15) is 12.2 Å². The maximum Gasteiger partial charge on any atom is 0.359 e. The van der Waals surface area contributed by atoms with Crippen LogP contribution in [0.5, 0.6) is 0 Å². The summed E-state index contributed by atoms with van der Waals surface area (Å²) in [5, 5.41) is 0. The number of hydrogen-bond acceptors (Lipinski definition) is 9. The van der Waals surface area contributed by atoms with Crippen LogP contribution in [-0.2, 0) is 44.7 Å². The van der Waals surface area contributed by atoms with Gasteiger partial charge in [0.05, 0.1) is 13.2 Å². The fourth-order valence-electron chi connectivity index (χ4n) is 2.00. The third-order valence-corrected chi connectivity index (χ3v) is 3.26. The lowest BCUT2D eigenvalue weighted by atomic mass is 10.2. The summed E-state index contributed by atoms with van der Waals surface area (Å²) in [5.41, 5.74) is 5.10. The van der Waals surface area contributed by atoms with E-state index in [9.17, 15) is 19.2 Å². The van der Waals surface area contributed by atoms with Crippen LogP contribution in [0.15, 0.2) is 30.3 Å². The summed E-state index contributed by atoms with van der Waals surface area (Å²) < 4.78 is 19.8. The number of nitrogens with two attached hydrogens (primary N) is 1. The molecule has 1 atom stereocenters. The Morgan fingerprint density at radius 2 is 1.62 bits per heavy atom. The Morgan fingerprint density at radius 1 is 0.966 bits per heavy atom. The number of carbonyl (C=O) groups excluding carboxylic acids is 4. The molecule has 1 rings (SSSR count). The SMILES string of the molecule is CC(C)(C)OC(=O)C(OC(=O)CN)C(=O)OCCCC(=O)OCc1ccccc1. The number of esters is 4. The zero-order chi connectivity index (χ0) is 21.9. The Kier molecular flexibility index (Phi) is 9.81. The molecule has 0 saturated carbocycles. The van der Waals surface area contributed by atoms with Gasteiger partial charge in [-0.25, -0.2) is 9.59 Å². The van der Waals surface area contributed by atoms with Gasteiger partial charge >= 0.3 is 23.9 Å². The van der Waals surface area contributed by atoms with Crippen LogP contribution in [0.25, 0.3) is 0 Å². The number of carbonyl (C=O) groups is 4. The predicted molar refractivity (Wildman–Crippen MR) is 101 cm³/mol. The number of hydrogen-bond donors (Lipinski definition) is 1. The van der Waals surface area contributed by atoms with Gasteiger partial charge in [0.15, 0.2) is 0 Å². The Bertz CT molecular complexity index is 696. The summed E-state index contributed by atoms with van der Waals surface area (Å²) in [6.07, 6.45) is -1.69. The van der Waals surface area contributed by atoms with E-state index in [1.165, 1.54) is 0 Å². The summed E-state index contributed by atoms with van der Waals surface area (Å²) in [6, 6.07) is 9.18. The first kappa shape index (κ1) is 24.1. The second kappa shape index (κ2) is 11.8. The van der Waals surface area contributed by atoms with Gasteiger partial charge in [-0.1, -0.05) is 30.3 Å². The van der Waals surface area contributed by atoms with Gasteiger partial charge in [0.25, 0.3) is 6.10 Å². The van der Waals surface area contributed by atoms with Crippen molar-refractivity contribution in [2.45, 2.75) is 51.9 Å². The lowest BCUT2D eigenvalue weighted by Crippen LogP contribution is -2.42. The molecule has 1 unspecified atom stereocenters. The molecule has 9 nitrogen and oxygen atoms in total. The molecule has 29 heavy (non-hydrogen) atoms. The van der Waals surface area contributed by atoms with Crippen LogP contribution >= 0.6 is 0 Å². The highest BCUT2D eigenvalue weighted by atomic mass is 16.6. The molecule has 0 aromatic heterocycles. The highest BCUT2D eigenvalue weighted by molar-refractivity contribution is 6.00. The quantitative estimate of drug-likeness (QED) is 0.262. The van der Waals surface area contributed by atoms with E-state index in [1.54, 1.807) is 20.8 Å². The molecule has 0 aliphatic carbocycles. The maximum atomic E-state index is 12.1. The largest absolute Gasteiger partial charge is 0.462 e. The van der Waals surface area contributed by atoms with E-state index in [-0.39, 0.29) is 26.1 Å². The van der Waals surface area contributed by atoms with Crippen LogP contribution in [0.1, 0.15) is 39.2 Å². The highest BCUT2D eigenvalue weighted by Gasteiger charge is 2.36. The minimum absolute atomic E-state index is 0.0137. The summed E-state index contributed by atoms with van der Waals surface area (Å²) in [4.78, 5) is 47.3. The Labute approximate surface area is 169 Å². The van der Waals surface area contributed by atoms with Crippen LogP contribution in [0, 0.1) is 0 Å². The monoisotopic (exact) mass is 409 g/mol. The van der Waals surface area contributed by atoms with Crippen molar-refractivity contribution in [3.63, 3.8) is 0 Å². The van der Waals surface area contributed by atoms with Gasteiger partial charge < -0.3 is 24.7 Å². The summed E-state index contributed by atoms with van der Waals surface area (Å²) >= 11 is 0. The lowest BCUT2D eigenvalue weighted by Gasteiger charge is -2.23. The van der Waals surface area contributed by atoms with Crippen LogP contribution < -0.4 is 5.73 Å². The van der Waals surface area contributed by atoms with Crippen LogP contribution in [-0.4, -0.2) is 48.7 Å². The van der Waals surface area contributed by atoms with Crippen molar-refractivity contribution in [1.82, 2.24) is 0 Å². The topological polar surface area (TPSA) is 131 Å². The van der Waals surface area contributed by atoms with Crippen molar-refractivity contribution >= 4 is 23.9 Å². The predicted octanol–water partition coefficient (Wildman–Crippen LogP) is 1.27. The van der Waals surface area contributed by atoms with E-state index in [0.29, 0.717) is 0 Å². The second-order valence-electron chi connectivity index (χ2n) is 7.02. The molecule has 9 heteroatoms. The molecule has 0 radical (unpaired) electrons. The molecule has 0 fully saturated rings. The maximum absolute atomic E-state index is 12.1. The first-order valence-electron chi connectivity index (χ1n) is 9.11. The molecular weight excluding hydrogens is 382 g/mol. The molecule has 0 heterocycles. The third kappa shape index (κ3) is 10.2. The fourth-order valence-corrected chi connectivity index (χ4v) is 2.00. The van der Waals surface area contributed by atoms with Gasteiger partial charge in [0, 0.05) is 6.42 Å². The summed E-state index contributed by atoms with van der Waals surface area (Å²) in [6.45, 7) is 4.26. The standard InChI is InChI=1S/C20H27NO8/c1-20(2,3)29-19(25)17(28-16(23)12-21)18(24)26-11-7-10-15(22)27-13-14-8-5-4-6-9-14/h4-6,8-9,17H,7,10-13,21H2,1-3H3. The second-order valence-corrected chi connectivity index (χ2v) is 7.02. The highest BCUT2D eigenvalue weighted by Crippen LogP contribution is 2.11. The van der Waals surface area contributed by atoms with Crippen molar-refractivity contribution in [2.75, 3.05) is 13.2 Å². The molecule has 0 amide bonds. The van der Waals surface area contributed by atoms with Gasteiger partial charge in [0.2, 0.25) is 0 Å². The minimum Gasteiger partial charge on any atom is -0.462 e.